The highest BCUT2D eigenvalue weighted by Crippen LogP contribution is 2.32. The Kier molecular flexibility index (Phi) is 6.18. The summed E-state index contributed by atoms with van der Waals surface area (Å²) in [6.45, 7) is 3.53. The number of nitro benzene ring substituents is 1. The number of methoxy groups -OCH3 is 1. The maximum Gasteiger partial charge on any atom is 0.271 e. The predicted molar refractivity (Wildman–Crippen MR) is 131 cm³/mol. The molecule has 1 N–H and O–H groups in total. The monoisotopic (exact) mass is 494 g/mol. The van der Waals surface area contributed by atoms with Gasteiger partial charge in [-0.1, -0.05) is 6.07 Å². The fourth-order valence-corrected chi connectivity index (χ4v) is 4.21. The van der Waals surface area contributed by atoms with E-state index in [0.717, 1.165) is 11.0 Å². The van der Waals surface area contributed by atoms with E-state index in [-0.39, 0.29) is 22.1 Å². The number of aromatic nitrogens is 1. The van der Waals surface area contributed by atoms with Gasteiger partial charge in [0.05, 0.1) is 23.4 Å². The molecule has 178 valence electrons. The molecular formula is C24H19FN4O5S. The molecule has 0 atom stereocenters. The highest BCUT2D eigenvalue weighted by Gasteiger charge is 2.35. The van der Waals surface area contributed by atoms with E-state index in [1.54, 1.807) is 24.5 Å². The number of non-ortho nitro benzene ring substituents is 1. The highest BCUT2D eigenvalue weighted by molar-refractivity contribution is 7.80. The summed E-state index contributed by atoms with van der Waals surface area (Å²) in [6.07, 6.45) is 1.41. The van der Waals surface area contributed by atoms with Crippen LogP contribution >= 0.6 is 12.2 Å². The molecule has 1 fully saturated rings. The number of carbonyl (C=O) groups is 2. The van der Waals surface area contributed by atoms with Crippen LogP contribution in [0.5, 0.6) is 5.75 Å². The number of thiocarbonyl (C=S) groups is 1. The van der Waals surface area contributed by atoms with Crippen molar-refractivity contribution in [2.24, 2.45) is 0 Å². The van der Waals surface area contributed by atoms with Crippen molar-refractivity contribution in [3.8, 4) is 11.4 Å². The minimum absolute atomic E-state index is 0.116. The van der Waals surface area contributed by atoms with Crippen molar-refractivity contribution in [3.63, 3.8) is 0 Å². The van der Waals surface area contributed by atoms with Crippen molar-refractivity contribution in [1.82, 2.24) is 9.88 Å². The van der Waals surface area contributed by atoms with Crippen LogP contribution in [0.1, 0.15) is 17.0 Å². The first kappa shape index (κ1) is 23.8. The molecule has 1 saturated heterocycles. The third-order valence-electron chi connectivity index (χ3n) is 5.55. The Morgan fingerprint density at radius 2 is 1.89 bits per heavy atom. The molecule has 1 aliphatic heterocycles. The Bertz CT molecular complexity index is 1450. The number of ether oxygens (including phenoxy) is 1. The molecule has 9 nitrogen and oxygen atoms in total. The van der Waals surface area contributed by atoms with E-state index in [0.29, 0.717) is 28.4 Å². The molecule has 4 rings (SSSR count). The van der Waals surface area contributed by atoms with E-state index >= 15 is 0 Å². The summed E-state index contributed by atoms with van der Waals surface area (Å²) in [5.74, 6) is -1.55. The molecule has 2 amide bonds. The van der Waals surface area contributed by atoms with Gasteiger partial charge in [-0.15, -0.1) is 0 Å². The molecule has 35 heavy (non-hydrogen) atoms. The molecule has 3 aromatic rings. The summed E-state index contributed by atoms with van der Waals surface area (Å²) in [7, 11) is 1.46. The lowest BCUT2D eigenvalue weighted by molar-refractivity contribution is -0.384. The van der Waals surface area contributed by atoms with Gasteiger partial charge in [-0.2, -0.15) is 0 Å². The molecular weight excluding hydrogens is 475 g/mol. The molecule has 1 aromatic heterocycles. The van der Waals surface area contributed by atoms with Crippen LogP contribution in [0, 0.1) is 29.8 Å². The second-order valence-corrected chi connectivity index (χ2v) is 8.10. The quantitative estimate of drug-likeness (QED) is 0.189. The predicted octanol–water partition coefficient (Wildman–Crippen LogP) is 3.98. The minimum Gasteiger partial charge on any atom is -0.495 e. The number of carbonyl (C=O) groups excluding carboxylic acids is 2. The first-order chi connectivity index (χ1) is 16.6. The van der Waals surface area contributed by atoms with Crippen LogP contribution in [0.4, 0.5) is 15.8 Å². The number of nitrogens with one attached hydrogen (secondary N) is 1. The zero-order chi connectivity index (χ0) is 25.4. The number of benzene rings is 2. The van der Waals surface area contributed by atoms with Crippen molar-refractivity contribution in [1.29, 1.82) is 0 Å². The van der Waals surface area contributed by atoms with Crippen LogP contribution in [0.3, 0.4) is 0 Å². The average molecular weight is 495 g/mol. The zero-order valence-electron chi connectivity index (χ0n) is 18.9. The fourth-order valence-electron chi connectivity index (χ4n) is 3.93. The molecule has 11 heteroatoms. The van der Waals surface area contributed by atoms with Gasteiger partial charge in [0.2, 0.25) is 0 Å². The van der Waals surface area contributed by atoms with Crippen LogP contribution < -0.4 is 15.0 Å². The Morgan fingerprint density at radius 1 is 1.14 bits per heavy atom. The number of nitrogens with zero attached hydrogens (tertiary/aromatic N) is 3. The fraction of sp³-hybridized carbons (Fsp3) is 0.125. The van der Waals surface area contributed by atoms with Crippen LogP contribution in [0.2, 0.25) is 0 Å². The number of halogens is 1. The topological polar surface area (TPSA) is 107 Å². The lowest BCUT2D eigenvalue weighted by Gasteiger charge is -2.28. The SMILES string of the molecule is COc1ccc([N+](=O)[O-])cc1-n1c(C)cc(/C=C2\C(=O)NC(=S)N(c3cccc(F)c3)C2=O)c1C. The second-order valence-electron chi connectivity index (χ2n) is 7.71. The lowest BCUT2D eigenvalue weighted by Crippen LogP contribution is -2.54. The maximum atomic E-state index is 13.8. The van der Waals surface area contributed by atoms with E-state index in [2.05, 4.69) is 5.32 Å². The van der Waals surface area contributed by atoms with E-state index in [9.17, 15) is 24.1 Å². The van der Waals surface area contributed by atoms with Crippen molar-refractivity contribution < 1.29 is 23.6 Å². The molecule has 0 saturated carbocycles. The van der Waals surface area contributed by atoms with Crippen molar-refractivity contribution in [2.75, 3.05) is 12.0 Å². The number of rotatable bonds is 5. The van der Waals surface area contributed by atoms with Gasteiger partial charge >= 0.3 is 0 Å². The summed E-state index contributed by atoms with van der Waals surface area (Å²) in [6, 6.07) is 11.3. The number of anilines is 1. The summed E-state index contributed by atoms with van der Waals surface area (Å²) in [4.78, 5) is 37.8. The van der Waals surface area contributed by atoms with Crippen molar-refractivity contribution in [3.05, 3.63) is 87.0 Å². The smallest absolute Gasteiger partial charge is 0.271 e. The molecule has 1 aliphatic rings. The number of hydrogen-bond donors (Lipinski definition) is 1. The Morgan fingerprint density at radius 3 is 2.54 bits per heavy atom. The first-order valence-electron chi connectivity index (χ1n) is 10.3. The van der Waals surface area contributed by atoms with Crippen LogP contribution in [-0.4, -0.2) is 33.5 Å². The summed E-state index contributed by atoms with van der Waals surface area (Å²) < 4.78 is 20.9. The standard InChI is InChI=1S/C24H19FN4O5S/c1-13-9-15(14(2)27(13)20-12-18(29(32)33)7-8-21(20)34-3)10-19-22(30)26-24(35)28(23(19)31)17-6-4-5-16(25)11-17/h4-12H,1-3H3,(H,26,30,35)/b19-10+. The van der Waals surface area contributed by atoms with Gasteiger partial charge in [0, 0.05) is 23.5 Å². The maximum absolute atomic E-state index is 13.8. The van der Waals surface area contributed by atoms with E-state index in [1.807, 2.05) is 0 Å². The van der Waals surface area contributed by atoms with Crippen LogP contribution in [0.15, 0.2) is 54.1 Å². The zero-order valence-corrected chi connectivity index (χ0v) is 19.7. The van der Waals surface area contributed by atoms with E-state index in [4.69, 9.17) is 17.0 Å². The van der Waals surface area contributed by atoms with E-state index in [1.165, 1.54) is 49.6 Å². The largest absolute Gasteiger partial charge is 0.495 e. The molecule has 0 aliphatic carbocycles. The average Bonchev–Trinajstić information content (AvgIpc) is 3.08. The van der Waals surface area contributed by atoms with Crippen molar-refractivity contribution >= 4 is 46.6 Å². The Labute approximate surface area is 204 Å². The normalized spacial score (nSPS) is 14.9. The summed E-state index contributed by atoms with van der Waals surface area (Å²) >= 11 is 5.15. The van der Waals surface area contributed by atoms with Crippen molar-refractivity contribution in [2.45, 2.75) is 13.8 Å². The number of nitro groups is 1. The summed E-state index contributed by atoms with van der Waals surface area (Å²) in [5.41, 5.74) is 2.13. The van der Waals surface area contributed by atoms with Gasteiger partial charge in [0.25, 0.3) is 17.5 Å². The summed E-state index contributed by atoms with van der Waals surface area (Å²) in [5, 5.41) is 13.6. The van der Waals surface area contributed by atoms with Gasteiger partial charge in [0.15, 0.2) is 5.11 Å². The van der Waals surface area contributed by atoms with E-state index < -0.39 is 22.6 Å². The van der Waals surface area contributed by atoms with Gasteiger partial charge in [-0.25, -0.2) is 4.39 Å². The van der Waals surface area contributed by atoms with Gasteiger partial charge in [-0.05, 0) is 68.0 Å². The van der Waals surface area contributed by atoms with Crippen LogP contribution in [-0.2, 0) is 9.59 Å². The van der Waals surface area contributed by atoms with Gasteiger partial charge < -0.3 is 9.30 Å². The highest BCUT2D eigenvalue weighted by atomic mass is 32.1. The van der Waals surface area contributed by atoms with Gasteiger partial charge in [-0.3, -0.25) is 29.9 Å². The Balaban J connectivity index is 1.81. The first-order valence-corrected chi connectivity index (χ1v) is 10.7. The minimum atomic E-state index is -0.706. The third kappa shape index (κ3) is 4.28. The molecule has 2 heterocycles. The van der Waals surface area contributed by atoms with Gasteiger partial charge in [0.1, 0.15) is 17.1 Å². The Hall–Kier alpha value is -4.38. The lowest BCUT2D eigenvalue weighted by atomic mass is 10.1. The molecule has 0 spiro atoms. The third-order valence-corrected chi connectivity index (χ3v) is 5.84. The molecule has 2 aromatic carbocycles. The number of hydrogen-bond acceptors (Lipinski definition) is 6. The molecule has 0 radical (unpaired) electrons. The van der Waals surface area contributed by atoms with Crippen LogP contribution in [0.25, 0.3) is 11.8 Å². The second kappa shape index (κ2) is 9.11. The number of aryl methyl sites for hydroxylation is 1. The number of amides is 2. The molecule has 0 unspecified atom stereocenters. The molecule has 0 bridgehead atoms.